The van der Waals surface area contributed by atoms with Gasteiger partial charge in [-0.05, 0) is 24.3 Å². The van der Waals surface area contributed by atoms with Gasteiger partial charge in [-0.1, -0.05) is 64.1 Å². The van der Waals surface area contributed by atoms with Gasteiger partial charge in [0.05, 0.1) is 5.75 Å². The number of hydrogen-bond acceptors (Lipinski definition) is 6. The molecular weight excluding hydrogens is 438 g/mol. The predicted octanol–water partition coefficient (Wildman–Crippen LogP) is 5.24. The van der Waals surface area contributed by atoms with E-state index in [2.05, 4.69) is 42.9 Å². The number of aromatic nitrogens is 5. The van der Waals surface area contributed by atoms with E-state index in [0.717, 1.165) is 26.6 Å². The predicted molar refractivity (Wildman–Crippen MR) is 113 cm³/mol. The quantitative estimate of drug-likeness (QED) is 0.281. The Balaban J connectivity index is 1.52. The Bertz CT molecular complexity index is 1080. The molecule has 0 fully saturated rings. The van der Waals surface area contributed by atoms with E-state index in [1.54, 1.807) is 0 Å². The molecule has 0 saturated heterocycles. The first-order valence-electron chi connectivity index (χ1n) is 8.55. The maximum atomic E-state index is 5.79. The van der Waals surface area contributed by atoms with Gasteiger partial charge in [0.15, 0.2) is 11.0 Å². The first-order chi connectivity index (χ1) is 13.7. The van der Waals surface area contributed by atoms with Crippen molar-refractivity contribution in [2.45, 2.75) is 17.5 Å². The Labute approximate surface area is 174 Å². The highest BCUT2D eigenvalue weighted by molar-refractivity contribution is 9.10. The SMILES string of the molecule is C=CCn1c(SCc2nnc(-c3ccc(Br)cc3)o2)nnc1-c1ccccc1. The fourth-order valence-corrected chi connectivity index (χ4v) is 3.69. The van der Waals surface area contributed by atoms with Crippen LogP contribution in [0.4, 0.5) is 0 Å². The van der Waals surface area contributed by atoms with E-state index in [-0.39, 0.29) is 0 Å². The zero-order valence-electron chi connectivity index (χ0n) is 14.8. The van der Waals surface area contributed by atoms with E-state index >= 15 is 0 Å². The van der Waals surface area contributed by atoms with Crippen LogP contribution in [0.5, 0.6) is 0 Å². The van der Waals surface area contributed by atoms with Crippen LogP contribution in [0.3, 0.4) is 0 Å². The van der Waals surface area contributed by atoms with E-state index < -0.39 is 0 Å². The van der Waals surface area contributed by atoms with Gasteiger partial charge in [-0.2, -0.15) is 0 Å². The second-order valence-electron chi connectivity index (χ2n) is 5.87. The largest absolute Gasteiger partial charge is 0.420 e. The van der Waals surface area contributed by atoms with Crippen molar-refractivity contribution in [1.29, 1.82) is 0 Å². The second kappa shape index (κ2) is 8.53. The molecule has 4 aromatic rings. The van der Waals surface area contributed by atoms with Crippen molar-refractivity contribution >= 4 is 27.7 Å². The summed E-state index contributed by atoms with van der Waals surface area (Å²) in [5, 5.41) is 17.7. The number of allylic oxidation sites excluding steroid dienone is 1. The number of thioether (sulfide) groups is 1. The van der Waals surface area contributed by atoms with Crippen molar-refractivity contribution in [3.05, 3.63) is 77.6 Å². The van der Waals surface area contributed by atoms with Crippen LogP contribution in [0.15, 0.2) is 81.3 Å². The van der Waals surface area contributed by atoms with Crippen LogP contribution in [0.2, 0.25) is 0 Å². The molecule has 8 heteroatoms. The van der Waals surface area contributed by atoms with Crippen LogP contribution in [0.25, 0.3) is 22.8 Å². The molecule has 4 rings (SSSR count). The van der Waals surface area contributed by atoms with Crippen LogP contribution in [-0.4, -0.2) is 25.0 Å². The Morgan fingerprint density at radius 2 is 1.75 bits per heavy atom. The maximum absolute atomic E-state index is 5.79. The monoisotopic (exact) mass is 453 g/mol. The molecule has 0 unspecified atom stereocenters. The molecule has 0 amide bonds. The summed E-state index contributed by atoms with van der Waals surface area (Å²) in [6.07, 6.45) is 1.83. The summed E-state index contributed by atoms with van der Waals surface area (Å²) in [5.41, 5.74) is 1.90. The van der Waals surface area contributed by atoms with E-state index in [1.807, 2.05) is 65.2 Å². The molecule has 0 radical (unpaired) electrons. The molecule has 0 aliphatic rings. The lowest BCUT2D eigenvalue weighted by molar-refractivity contribution is 0.528. The summed E-state index contributed by atoms with van der Waals surface area (Å²) in [4.78, 5) is 0. The van der Waals surface area contributed by atoms with E-state index in [9.17, 15) is 0 Å². The number of benzene rings is 2. The smallest absolute Gasteiger partial charge is 0.247 e. The first kappa shape index (κ1) is 18.6. The van der Waals surface area contributed by atoms with Crippen molar-refractivity contribution in [3.8, 4) is 22.8 Å². The van der Waals surface area contributed by atoms with E-state index in [4.69, 9.17) is 4.42 Å². The molecule has 0 aliphatic carbocycles. The molecule has 2 aromatic carbocycles. The van der Waals surface area contributed by atoms with Gasteiger partial charge in [0.1, 0.15) is 0 Å². The van der Waals surface area contributed by atoms with Crippen LogP contribution in [0.1, 0.15) is 5.89 Å². The van der Waals surface area contributed by atoms with E-state index in [0.29, 0.717) is 24.1 Å². The first-order valence-corrected chi connectivity index (χ1v) is 10.3. The van der Waals surface area contributed by atoms with Crippen LogP contribution >= 0.6 is 27.7 Å². The molecular formula is C20H16BrN5OS. The Hall–Kier alpha value is -2.71. The maximum Gasteiger partial charge on any atom is 0.247 e. The third-order valence-electron chi connectivity index (χ3n) is 3.94. The van der Waals surface area contributed by atoms with Crippen LogP contribution < -0.4 is 0 Å². The van der Waals surface area contributed by atoms with Crippen molar-refractivity contribution in [2.24, 2.45) is 0 Å². The molecule has 0 N–H and O–H groups in total. The summed E-state index contributed by atoms with van der Waals surface area (Å²) in [6, 6.07) is 17.7. The fourth-order valence-electron chi connectivity index (χ4n) is 2.64. The molecule has 2 heterocycles. The van der Waals surface area contributed by atoms with Gasteiger partial charge in [-0.25, -0.2) is 0 Å². The minimum atomic E-state index is 0.501. The minimum absolute atomic E-state index is 0.501. The molecule has 2 aromatic heterocycles. The number of hydrogen-bond donors (Lipinski definition) is 0. The van der Waals surface area contributed by atoms with Gasteiger partial charge in [-0.3, -0.25) is 4.57 Å². The zero-order chi connectivity index (χ0) is 19.3. The molecule has 28 heavy (non-hydrogen) atoms. The zero-order valence-corrected chi connectivity index (χ0v) is 17.2. The number of nitrogens with zero attached hydrogens (tertiary/aromatic N) is 5. The molecule has 0 bridgehead atoms. The number of rotatable bonds is 7. The van der Waals surface area contributed by atoms with Crippen molar-refractivity contribution in [3.63, 3.8) is 0 Å². The Kier molecular flexibility index (Phi) is 5.68. The molecule has 140 valence electrons. The average Bonchev–Trinajstić information content (AvgIpc) is 3.35. The normalized spacial score (nSPS) is 10.9. The Morgan fingerprint density at radius 1 is 0.964 bits per heavy atom. The van der Waals surface area contributed by atoms with E-state index in [1.165, 1.54) is 11.8 Å². The second-order valence-corrected chi connectivity index (χ2v) is 7.73. The fraction of sp³-hybridized carbons (Fsp3) is 0.100. The summed E-state index contributed by atoms with van der Waals surface area (Å²) in [5.74, 6) is 2.36. The average molecular weight is 454 g/mol. The minimum Gasteiger partial charge on any atom is -0.420 e. The van der Waals surface area contributed by atoms with Gasteiger partial charge in [0.2, 0.25) is 11.8 Å². The van der Waals surface area contributed by atoms with Gasteiger partial charge in [0, 0.05) is 22.1 Å². The third-order valence-corrected chi connectivity index (χ3v) is 5.42. The van der Waals surface area contributed by atoms with Crippen molar-refractivity contribution in [1.82, 2.24) is 25.0 Å². The Morgan fingerprint density at radius 3 is 2.50 bits per heavy atom. The van der Waals surface area contributed by atoms with Gasteiger partial charge >= 0.3 is 0 Å². The van der Waals surface area contributed by atoms with Gasteiger partial charge in [-0.15, -0.1) is 27.0 Å². The van der Waals surface area contributed by atoms with Gasteiger partial charge < -0.3 is 4.42 Å². The summed E-state index contributed by atoms with van der Waals surface area (Å²) in [6.45, 7) is 4.46. The molecule has 0 spiro atoms. The van der Waals surface area contributed by atoms with Gasteiger partial charge in [0.25, 0.3) is 0 Å². The topological polar surface area (TPSA) is 69.6 Å². The lowest BCUT2D eigenvalue weighted by Crippen LogP contribution is -2.00. The standard InChI is InChI=1S/C20H16BrN5OS/c1-2-12-26-18(14-6-4-3-5-7-14)23-25-20(26)28-13-17-22-24-19(27-17)15-8-10-16(21)11-9-15/h2-11H,1,12-13H2. The van der Waals surface area contributed by atoms with Crippen LogP contribution in [0, 0.1) is 0 Å². The molecule has 0 atom stereocenters. The summed E-state index contributed by atoms with van der Waals surface area (Å²) >= 11 is 4.92. The molecule has 0 saturated carbocycles. The highest BCUT2D eigenvalue weighted by Gasteiger charge is 2.15. The summed E-state index contributed by atoms with van der Waals surface area (Å²) < 4.78 is 8.82. The molecule has 6 nitrogen and oxygen atoms in total. The van der Waals surface area contributed by atoms with Crippen molar-refractivity contribution < 1.29 is 4.42 Å². The third kappa shape index (κ3) is 4.07. The van der Waals surface area contributed by atoms with Crippen molar-refractivity contribution in [2.75, 3.05) is 0 Å². The lowest BCUT2D eigenvalue weighted by Gasteiger charge is -2.06. The molecule has 0 aliphatic heterocycles. The number of halogens is 1. The highest BCUT2D eigenvalue weighted by Crippen LogP contribution is 2.27. The summed E-state index contributed by atoms with van der Waals surface area (Å²) in [7, 11) is 0. The lowest BCUT2D eigenvalue weighted by atomic mass is 10.2. The highest BCUT2D eigenvalue weighted by atomic mass is 79.9. The van der Waals surface area contributed by atoms with Crippen LogP contribution in [-0.2, 0) is 12.3 Å².